The fourth-order valence-electron chi connectivity index (χ4n) is 3.94. The number of carbonyl (C=O) groups excluding carboxylic acids is 2. The predicted octanol–water partition coefficient (Wildman–Crippen LogP) is 6.28. The number of para-hydroxylation sites is 1. The second-order valence-corrected chi connectivity index (χ2v) is 9.16. The standard InChI is InChI=1S/C26H17ClN2O4S/c27-19-8-10-20(11-9-19)29-24(30)23(34-26(29)33)13-18-15-28(22-7-2-1-6-21(18)22)14-16-4-3-5-17(12-16)25(31)32/h1-13,15H,14H2,(H,31,32)/b23-13+. The van der Waals surface area contributed by atoms with Crippen LogP contribution < -0.4 is 4.90 Å². The van der Waals surface area contributed by atoms with Gasteiger partial charge in [0.05, 0.1) is 16.2 Å². The monoisotopic (exact) mass is 488 g/mol. The number of rotatable bonds is 5. The molecule has 4 aromatic rings. The highest BCUT2D eigenvalue weighted by atomic mass is 35.5. The molecule has 8 heteroatoms. The molecule has 6 nitrogen and oxygen atoms in total. The molecule has 34 heavy (non-hydrogen) atoms. The number of fused-ring (bicyclic) bond motifs is 1. The first-order valence-electron chi connectivity index (χ1n) is 10.3. The van der Waals surface area contributed by atoms with Gasteiger partial charge in [-0.15, -0.1) is 0 Å². The quantitative estimate of drug-likeness (QED) is 0.334. The van der Waals surface area contributed by atoms with Crippen LogP contribution in [0.5, 0.6) is 0 Å². The summed E-state index contributed by atoms with van der Waals surface area (Å²) in [6, 6.07) is 21.1. The van der Waals surface area contributed by atoms with Crippen molar-refractivity contribution in [1.82, 2.24) is 4.57 Å². The molecule has 0 aliphatic carbocycles. The summed E-state index contributed by atoms with van der Waals surface area (Å²) in [4.78, 5) is 38.5. The summed E-state index contributed by atoms with van der Waals surface area (Å²) in [5.41, 5.74) is 3.27. The number of carbonyl (C=O) groups is 3. The molecular formula is C26H17ClN2O4S. The number of aromatic nitrogens is 1. The first-order chi connectivity index (χ1) is 16.4. The normalized spacial score (nSPS) is 15.0. The molecule has 1 fully saturated rings. The maximum Gasteiger partial charge on any atom is 0.335 e. The molecule has 2 heterocycles. The molecule has 0 spiro atoms. The van der Waals surface area contributed by atoms with E-state index in [0.717, 1.165) is 38.7 Å². The van der Waals surface area contributed by atoms with E-state index in [1.807, 2.05) is 41.1 Å². The lowest BCUT2D eigenvalue weighted by Gasteiger charge is -2.12. The summed E-state index contributed by atoms with van der Waals surface area (Å²) in [7, 11) is 0. The van der Waals surface area contributed by atoms with Gasteiger partial charge in [-0.05, 0) is 65.9 Å². The zero-order valence-electron chi connectivity index (χ0n) is 17.6. The van der Waals surface area contributed by atoms with Crippen LogP contribution in [0.2, 0.25) is 5.02 Å². The number of nitrogens with zero attached hydrogens (tertiary/aromatic N) is 2. The number of thioether (sulfide) groups is 1. The molecule has 1 aliphatic heterocycles. The number of amides is 2. The zero-order valence-corrected chi connectivity index (χ0v) is 19.2. The number of aromatic carboxylic acids is 1. The van der Waals surface area contributed by atoms with Gasteiger partial charge < -0.3 is 9.67 Å². The van der Waals surface area contributed by atoms with Gasteiger partial charge in [0.2, 0.25) is 0 Å². The highest BCUT2D eigenvalue weighted by Crippen LogP contribution is 2.37. The Morgan fingerprint density at radius 2 is 1.76 bits per heavy atom. The minimum atomic E-state index is -0.976. The van der Waals surface area contributed by atoms with Gasteiger partial charge in [-0.2, -0.15) is 0 Å². The van der Waals surface area contributed by atoms with Crippen LogP contribution in [0.1, 0.15) is 21.5 Å². The molecule has 0 unspecified atom stereocenters. The lowest BCUT2D eigenvalue weighted by atomic mass is 10.1. The van der Waals surface area contributed by atoms with Crippen molar-refractivity contribution < 1.29 is 19.5 Å². The molecule has 1 N–H and O–H groups in total. The van der Waals surface area contributed by atoms with Gasteiger partial charge in [-0.1, -0.05) is 41.9 Å². The van der Waals surface area contributed by atoms with E-state index in [9.17, 15) is 19.5 Å². The van der Waals surface area contributed by atoms with Crippen molar-refractivity contribution in [2.45, 2.75) is 6.54 Å². The Morgan fingerprint density at radius 1 is 1.00 bits per heavy atom. The van der Waals surface area contributed by atoms with Crippen molar-refractivity contribution in [3.05, 3.63) is 106 Å². The average molecular weight is 489 g/mol. The van der Waals surface area contributed by atoms with E-state index in [-0.39, 0.29) is 16.7 Å². The number of imide groups is 1. The summed E-state index contributed by atoms with van der Waals surface area (Å²) < 4.78 is 2.01. The Kier molecular flexibility index (Phi) is 5.73. The third kappa shape index (κ3) is 4.11. The van der Waals surface area contributed by atoms with E-state index in [1.54, 1.807) is 48.5 Å². The minimum absolute atomic E-state index is 0.227. The number of hydrogen-bond donors (Lipinski definition) is 1. The van der Waals surface area contributed by atoms with Crippen molar-refractivity contribution >= 4 is 63.1 Å². The number of halogens is 1. The van der Waals surface area contributed by atoms with Crippen LogP contribution in [0.25, 0.3) is 17.0 Å². The van der Waals surface area contributed by atoms with Gasteiger partial charge in [0.1, 0.15) is 0 Å². The van der Waals surface area contributed by atoms with Gasteiger partial charge in [0.25, 0.3) is 11.1 Å². The van der Waals surface area contributed by atoms with Crippen molar-refractivity contribution in [3.63, 3.8) is 0 Å². The topological polar surface area (TPSA) is 79.6 Å². The lowest BCUT2D eigenvalue weighted by Crippen LogP contribution is -2.27. The van der Waals surface area contributed by atoms with Crippen molar-refractivity contribution in [3.8, 4) is 0 Å². The van der Waals surface area contributed by atoms with Crippen LogP contribution >= 0.6 is 23.4 Å². The van der Waals surface area contributed by atoms with Gasteiger partial charge >= 0.3 is 5.97 Å². The molecular weight excluding hydrogens is 472 g/mol. The molecule has 0 saturated carbocycles. The summed E-state index contributed by atoms with van der Waals surface area (Å²) >= 11 is 6.82. The Bertz CT molecular complexity index is 1490. The minimum Gasteiger partial charge on any atom is -0.478 e. The maximum absolute atomic E-state index is 13.1. The first-order valence-corrected chi connectivity index (χ1v) is 11.5. The van der Waals surface area contributed by atoms with E-state index >= 15 is 0 Å². The number of benzene rings is 3. The van der Waals surface area contributed by atoms with E-state index < -0.39 is 5.97 Å². The summed E-state index contributed by atoms with van der Waals surface area (Å²) in [5, 5.41) is 10.4. The zero-order chi connectivity index (χ0) is 23.8. The van der Waals surface area contributed by atoms with Crippen molar-refractivity contribution in [1.29, 1.82) is 0 Å². The fourth-order valence-corrected chi connectivity index (χ4v) is 4.90. The van der Waals surface area contributed by atoms with Crippen LogP contribution in [-0.4, -0.2) is 26.8 Å². The fraction of sp³-hybridized carbons (Fsp3) is 0.0385. The van der Waals surface area contributed by atoms with Gasteiger partial charge in [-0.3, -0.25) is 9.59 Å². The summed E-state index contributed by atoms with van der Waals surface area (Å²) in [6.45, 7) is 0.460. The number of carboxylic acid groups (broad SMARTS) is 1. The van der Waals surface area contributed by atoms with Gasteiger partial charge in [0, 0.05) is 34.2 Å². The third-order valence-electron chi connectivity index (χ3n) is 5.51. The maximum atomic E-state index is 13.1. The van der Waals surface area contributed by atoms with Crippen molar-refractivity contribution in [2.24, 2.45) is 0 Å². The summed E-state index contributed by atoms with van der Waals surface area (Å²) in [5.74, 6) is -1.36. The van der Waals surface area contributed by atoms with Crippen LogP contribution in [-0.2, 0) is 11.3 Å². The van der Waals surface area contributed by atoms with E-state index in [0.29, 0.717) is 22.2 Å². The van der Waals surface area contributed by atoms with Crippen LogP contribution in [0.4, 0.5) is 10.5 Å². The number of anilines is 1. The van der Waals surface area contributed by atoms with E-state index in [1.165, 1.54) is 0 Å². The second kappa shape index (κ2) is 8.85. The molecule has 3 aromatic carbocycles. The van der Waals surface area contributed by atoms with Gasteiger partial charge in [-0.25, -0.2) is 9.69 Å². The van der Waals surface area contributed by atoms with Crippen LogP contribution in [0.15, 0.2) is 83.9 Å². The molecule has 0 bridgehead atoms. The number of hydrogen-bond acceptors (Lipinski definition) is 4. The SMILES string of the molecule is O=C(O)c1cccc(Cn2cc(/C=C3/SC(=O)N(c4ccc(Cl)cc4)C3=O)c3ccccc32)c1. The molecule has 1 aromatic heterocycles. The molecule has 0 radical (unpaired) electrons. The Morgan fingerprint density at radius 3 is 2.53 bits per heavy atom. The summed E-state index contributed by atoms with van der Waals surface area (Å²) in [6.07, 6.45) is 3.64. The molecule has 1 aliphatic rings. The Labute approximate surface area is 204 Å². The van der Waals surface area contributed by atoms with E-state index in [2.05, 4.69) is 0 Å². The Balaban J connectivity index is 1.51. The van der Waals surface area contributed by atoms with Gasteiger partial charge in [0.15, 0.2) is 0 Å². The molecule has 5 rings (SSSR count). The van der Waals surface area contributed by atoms with E-state index in [4.69, 9.17) is 11.6 Å². The average Bonchev–Trinajstić information content (AvgIpc) is 3.31. The largest absolute Gasteiger partial charge is 0.478 e. The molecule has 2 amide bonds. The highest BCUT2D eigenvalue weighted by Gasteiger charge is 2.36. The predicted molar refractivity (Wildman–Crippen MR) is 134 cm³/mol. The second-order valence-electron chi connectivity index (χ2n) is 7.73. The molecule has 0 atom stereocenters. The lowest BCUT2D eigenvalue weighted by molar-refractivity contribution is -0.113. The third-order valence-corrected chi connectivity index (χ3v) is 6.63. The smallest absolute Gasteiger partial charge is 0.335 e. The molecule has 168 valence electrons. The van der Waals surface area contributed by atoms with Crippen LogP contribution in [0.3, 0.4) is 0 Å². The van der Waals surface area contributed by atoms with Crippen LogP contribution in [0, 0.1) is 0 Å². The van der Waals surface area contributed by atoms with Crippen molar-refractivity contribution in [2.75, 3.05) is 4.90 Å². The number of carboxylic acids is 1. The molecule has 1 saturated heterocycles. The Hall–Kier alpha value is -3.81. The first kappa shape index (κ1) is 22.0. The highest BCUT2D eigenvalue weighted by molar-refractivity contribution is 8.19.